The van der Waals surface area contributed by atoms with Crippen molar-refractivity contribution in [3.63, 3.8) is 0 Å². The Morgan fingerprint density at radius 2 is 1.89 bits per heavy atom. The molecule has 0 fully saturated rings. The third kappa shape index (κ3) is 2.76. The van der Waals surface area contributed by atoms with E-state index in [9.17, 15) is 0 Å². The molecule has 0 unspecified atom stereocenters. The Morgan fingerprint density at radius 1 is 1.21 bits per heavy atom. The zero-order chi connectivity index (χ0) is 14.0. The number of para-hydroxylation sites is 1. The minimum atomic E-state index is 0.345. The second-order valence-corrected chi connectivity index (χ2v) is 4.78. The van der Waals surface area contributed by atoms with Crippen molar-refractivity contribution in [2.45, 2.75) is 6.92 Å². The molecule has 2 rings (SSSR count). The molecule has 96 valence electrons. The SMILES string of the molecule is Cc1cccc(C#N)c1Oc1cc(Cl)c(Cl)cc1N. The highest BCUT2D eigenvalue weighted by Crippen LogP contribution is 2.37. The number of halogens is 2. The van der Waals surface area contributed by atoms with Gasteiger partial charge in [0.1, 0.15) is 11.8 Å². The van der Waals surface area contributed by atoms with Gasteiger partial charge in [0.15, 0.2) is 5.75 Å². The van der Waals surface area contributed by atoms with Crippen LogP contribution >= 0.6 is 23.2 Å². The third-order valence-electron chi connectivity index (χ3n) is 2.60. The number of ether oxygens (including phenoxy) is 1. The summed E-state index contributed by atoms with van der Waals surface area (Å²) in [5.74, 6) is 0.843. The van der Waals surface area contributed by atoms with Crippen molar-refractivity contribution in [3.05, 3.63) is 51.5 Å². The van der Waals surface area contributed by atoms with Crippen LogP contribution in [-0.4, -0.2) is 0 Å². The van der Waals surface area contributed by atoms with Crippen molar-refractivity contribution in [3.8, 4) is 17.6 Å². The molecule has 0 radical (unpaired) electrons. The van der Waals surface area contributed by atoms with E-state index in [-0.39, 0.29) is 0 Å². The highest BCUT2D eigenvalue weighted by molar-refractivity contribution is 6.42. The van der Waals surface area contributed by atoms with Gasteiger partial charge < -0.3 is 10.5 Å². The van der Waals surface area contributed by atoms with E-state index in [0.717, 1.165) is 5.56 Å². The van der Waals surface area contributed by atoms with Gasteiger partial charge in [-0.1, -0.05) is 35.3 Å². The van der Waals surface area contributed by atoms with Crippen LogP contribution in [0.3, 0.4) is 0 Å². The molecule has 0 aliphatic heterocycles. The normalized spacial score (nSPS) is 10.0. The van der Waals surface area contributed by atoms with Crippen LogP contribution in [0.1, 0.15) is 11.1 Å². The van der Waals surface area contributed by atoms with E-state index in [1.165, 1.54) is 12.1 Å². The molecule has 19 heavy (non-hydrogen) atoms. The molecule has 0 saturated carbocycles. The Morgan fingerprint density at radius 3 is 2.58 bits per heavy atom. The van der Waals surface area contributed by atoms with Gasteiger partial charge in [0, 0.05) is 6.07 Å². The second kappa shape index (κ2) is 5.40. The largest absolute Gasteiger partial charge is 0.453 e. The number of benzene rings is 2. The second-order valence-electron chi connectivity index (χ2n) is 3.97. The summed E-state index contributed by atoms with van der Waals surface area (Å²) < 4.78 is 5.71. The summed E-state index contributed by atoms with van der Waals surface area (Å²) in [6.07, 6.45) is 0. The molecule has 2 aromatic rings. The number of nitrogens with zero attached hydrogens (tertiary/aromatic N) is 1. The first-order valence-corrected chi connectivity index (χ1v) is 6.20. The zero-order valence-corrected chi connectivity index (χ0v) is 11.6. The smallest absolute Gasteiger partial charge is 0.151 e. The van der Waals surface area contributed by atoms with E-state index in [0.29, 0.717) is 32.8 Å². The molecular formula is C14H10Cl2N2O. The van der Waals surface area contributed by atoms with Crippen LogP contribution in [0.15, 0.2) is 30.3 Å². The molecule has 2 N–H and O–H groups in total. The standard InChI is InChI=1S/C14H10Cl2N2O/c1-8-3-2-4-9(7-17)14(8)19-13-6-11(16)10(15)5-12(13)18/h2-6H,18H2,1H3. The lowest BCUT2D eigenvalue weighted by molar-refractivity contribution is 0.479. The van der Waals surface area contributed by atoms with Crippen molar-refractivity contribution in [1.82, 2.24) is 0 Å². The first kappa shape index (κ1) is 13.5. The molecule has 0 aliphatic carbocycles. The minimum Gasteiger partial charge on any atom is -0.453 e. The Kier molecular flexibility index (Phi) is 3.84. The number of nitrogen functional groups attached to an aromatic ring is 1. The summed E-state index contributed by atoms with van der Waals surface area (Å²) in [4.78, 5) is 0. The van der Waals surface area contributed by atoms with Crippen LogP contribution in [0.5, 0.6) is 11.5 Å². The molecule has 0 aliphatic rings. The first-order valence-electron chi connectivity index (χ1n) is 5.45. The van der Waals surface area contributed by atoms with E-state index in [1.807, 2.05) is 13.0 Å². The maximum atomic E-state index is 9.08. The van der Waals surface area contributed by atoms with E-state index in [4.69, 9.17) is 38.9 Å². The highest BCUT2D eigenvalue weighted by atomic mass is 35.5. The third-order valence-corrected chi connectivity index (χ3v) is 3.32. The average Bonchev–Trinajstić information content (AvgIpc) is 2.38. The molecule has 0 bridgehead atoms. The number of rotatable bonds is 2. The maximum Gasteiger partial charge on any atom is 0.151 e. The summed E-state index contributed by atoms with van der Waals surface area (Å²) in [5.41, 5.74) is 7.46. The Labute approximate surface area is 121 Å². The minimum absolute atomic E-state index is 0.345. The van der Waals surface area contributed by atoms with Crippen LogP contribution in [0.4, 0.5) is 5.69 Å². The Balaban J connectivity index is 2.48. The molecule has 3 nitrogen and oxygen atoms in total. The van der Waals surface area contributed by atoms with Crippen LogP contribution in [0.25, 0.3) is 0 Å². The van der Waals surface area contributed by atoms with Crippen molar-refractivity contribution in [2.24, 2.45) is 0 Å². The monoisotopic (exact) mass is 292 g/mol. The van der Waals surface area contributed by atoms with Gasteiger partial charge in [-0.05, 0) is 24.6 Å². The number of hydrogen-bond acceptors (Lipinski definition) is 3. The van der Waals surface area contributed by atoms with Gasteiger partial charge in [0.2, 0.25) is 0 Å². The lowest BCUT2D eigenvalue weighted by Crippen LogP contribution is -1.96. The van der Waals surface area contributed by atoms with Crippen LogP contribution < -0.4 is 10.5 Å². The van der Waals surface area contributed by atoms with Gasteiger partial charge in [-0.3, -0.25) is 0 Å². The topological polar surface area (TPSA) is 59.0 Å². The van der Waals surface area contributed by atoms with Crippen molar-refractivity contribution in [1.29, 1.82) is 5.26 Å². The van der Waals surface area contributed by atoms with Crippen molar-refractivity contribution >= 4 is 28.9 Å². The van der Waals surface area contributed by atoms with Gasteiger partial charge in [0.25, 0.3) is 0 Å². The van der Waals surface area contributed by atoms with Crippen molar-refractivity contribution in [2.75, 3.05) is 5.73 Å². The number of nitrogens with two attached hydrogens (primary N) is 1. The lowest BCUT2D eigenvalue weighted by Gasteiger charge is -2.13. The molecule has 0 amide bonds. The number of aryl methyl sites for hydroxylation is 1. The fourth-order valence-electron chi connectivity index (χ4n) is 1.62. The van der Waals surface area contributed by atoms with E-state index in [1.54, 1.807) is 12.1 Å². The maximum absolute atomic E-state index is 9.08. The van der Waals surface area contributed by atoms with Gasteiger partial charge >= 0.3 is 0 Å². The number of anilines is 1. The predicted molar refractivity (Wildman–Crippen MR) is 76.8 cm³/mol. The van der Waals surface area contributed by atoms with E-state index < -0.39 is 0 Å². The molecular weight excluding hydrogens is 283 g/mol. The predicted octanol–water partition coefficient (Wildman–Crippen LogP) is 4.55. The molecule has 0 heterocycles. The van der Waals surface area contributed by atoms with E-state index in [2.05, 4.69) is 6.07 Å². The van der Waals surface area contributed by atoms with Crippen LogP contribution in [0.2, 0.25) is 10.0 Å². The number of nitriles is 1. The summed E-state index contributed by atoms with van der Waals surface area (Å²) in [6, 6.07) is 10.4. The quantitative estimate of drug-likeness (QED) is 0.826. The molecule has 0 spiro atoms. The molecule has 0 atom stereocenters. The van der Waals surface area contributed by atoms with Gasteiger partial charge in [0.05, 0.1) is 21.3 Å². The highest BCUT2D eigenvalue weighted by Gasteiger charge is 2.12. The Hall–Kier alpha value is -1.89. The van der Waals surface area contributed by atoms with Gasteiger partial charge in [-0.25, -0.2) is 0 Å². The Bertz CT molecular complexity index is 678. The number of hydrogen-bond donors (Lipinski definition) is 1. The zero-order valence-electron chi connectivity index (χ0n) is 10.1. The van der Waals surface area contributed by atoms with Crippen LogP contribution in [0, 0.1) is 18.3 Å². The van der Waals surface area contributed by atoms with Crippen molar-refractivity contribution < 1.29 is 4.74 Å². The van der Waals surface area contributed by atoms with Gasteiger partial charge in [-0.15, -0.1) is 0 Å². The summed E-state index contributed by atoms with van der Waals surface area (Å²) in [7, 11) is 0. The van der Waals surface area contributed by atoms with Gasteiger partial charge in [-0.2, -0.15) is 5.26 Å². The fraction of sp³-hybridized carbons (Fsp3) is 0.0714. The summed E-state index contributed by atoms with van der Waals surface area (Å²) in [6.45, 7) is 1.85. The molecule has 0 saturated heterocycles. The summed E-state index contributed by atoms with van der Waals surface area (Å²) in [5, 5.41) is 9.78. The van der Waals surface area contributed by atoms with Crippen LogP contribution in [-0.2, 0) is 0 Å². The molecule has 0 aromatic heterocycles. The molecule has 5 heteroatoms. The molecule has 2 aromatic carbocycles. The van der Waals surface area contributed by atoms with E-state index >= 15 is 0 Å². The first-order chi connectivity index (χ1) is 9.02. The summed E-state index contributed by atoms with van der Waals surface area (Å²) >= 11 is 11.8. The lowest BCUT2D eigenvalue weighted by atomic mass is 10.1. The fourth-order valence-corrected chi connectivity index (χ4v) is 1.94. The average molecular weight is 293 g/mol.